The van der Waals surface area contributed by atoms with Crippen LogP contribution in [0.3, 0.4) is 0 Å². The first kappa shape index (κ1) is 20.9. The Balaban J connectivity index is -0.00000162. The Kier molecular flexibility index (Phi) is 13.1. The van der Waals surface area contributed by atoms with Crippen LogP contribution in [0.4, 0.5) is 0 Å². The summed E-state index contributed by atoms with van der Waals surface area (Å²) in [6, 6.07) is 0. The molecule has 0 fully saturated rings. The number of esters is 1. The molecule has 0 bridgehead atoms. The van der Waals surface area contributed by atoms with Crippen molar-refractivity contribution < 1.29 is 30.4 Å². The lowest BCUT2D eigenvalue weighted by Crippen LogP contribution is -2.14. The Morgan fingerprint density at radius 2 is 1.85 bits per heavy atom. The molecule has 0 aliphatic carbocycles. The molecule has 0 rings (SSSR count). The van der Waals surface area contributed by atoms with Gasteiger partial charge in [0.15, 0.2) is 0 Å². The molecule has 0 radical (unpaired) electrons. The quantitative estimate of drug-likeness (QED) is 0.464. The van der Waals surface area contributed by atoms with Crippen LogP contribution in [0.5, 0.6) is 0 Å². The van der Waals surface area contributed by atoms with Crippen molar-refractivity contribution in [3.63, 3.8) is 0 Å². The average molecular weight is 293 g/mol. The Bertz CT molecular complexity index is 306. The van der Waals surface area contributed by atoms with Gasteiger partial charge in [-0.2, -0.15) is 0 Å². The molecule has 0 saturated carbocycles. The van der Waals surface area contributed by atoms with Gasteiger partial charge in [-0.1, -0.05) is 7.43 Å². The number of Topliss-reactive ketones (excluding diaryl/α,β-unsaturated/α-hetero) is 1. The normalized spacial score (nSPS) is 11.3. The number of carboxylic acids is 1. The lowest BCUT2D eigenvalue weighted by molar-refractivity contribution is -0.148. The summed E-state index contributed by atoms with van der Waals surface area (Å²) in [6.07, 6.45) is 2.39. The third kappa shape index (κ3) is 11.6. The molecule has 1 N–H and O–H groups in total. The minimum atomic E-state index is -0.889. The molecule has 120 valence electrons. The molecular formula is C14H28O6. The van der Waals surface area contributed by atoms with Crippen LogP contribution in [-0.2, 0) is 23.9 Å². The van der Waals surface area contributed by atoms with E-state index < -0.39 is 11.9 Å². The molecule has 0 aromatic rings. The van der Waals surface area contributed by atoms with Crippen LogP contribution in [0.2, 0.25) is 0 Å². The number of hydrogen-bond acceptors (Lipinski definition) is 5. The van der Waals surface area contributed by atoms with Crippen LogP contribution in [0, 0.1) is 5.92 Å². The van der Waals surface area contributed by atoms with Gasteiger partial charge in [0, 0.05) is 20.9 Å². The van der Waals surface area contributed by atoms with Gasteiger partial charge in [0.1, 0.15) is 12.4 Å². The van der Waals surface area contributed by atoms with E-state index in [9.17, 15) is 14.4 Å². The van der Waals surface area contributed by atoms with Crippen molar-refractivity contribution in [1.29, 1.82) is 0 Å². The summed E-state index contributed by atoms with van der Waals surface area (Å²) in [4.78, 5) is 32.7. The fourth-order valence-electron chi connectivity index (χ4n) is 1.69. The zero-order chi connectivity index (χ0) is 14.7. The fourth-order valence-corrected chi connectivity index (χ4v) is 1.69. The molecule has 0 aliphatic rings. The van der Waals surface area contributed by atoms with Gasteiger partial charge in [0.25, 0.3) is 0 Å². The van der Waals surface area contributed by atoms with Gasteiger partial charge in [-0.15, -0.1) is 0 Å². The highest BCUT2D eigenvalue weighted by molar-refractivity contribution is 5.79. The first-order chi connectivity index (χ1) is 8.97. The zero-order valence-electron chi connectivity index (χ0n) is 11.5. The van der Waals surface area contributed by atoms with Gasteiger partial charge >= 0.3 is 11.9 Å². The maximum atomic E-state index is 11.3. The number of unbranched alkanes of at least 4 members (excludes halogenated alkanes) is 1. The number of ketones is 1. The molecule has 0 heterocycles. The van der Waals surface area contributed by atoms with E-state index >= 15 is 0 Å². The van der Waals surface area contributed by atoms with E-state index in [0.717, 1.165) is 6.42 Å². The Morgan fingerprint density at radius 1 is 1.20 bits per heavy atom. The Hall–Kier alpha value is -1.43. The van der Waals surface area contributed by atoms with E-state index in [1.807, 2.05) is 0 Å². The van der Waals surface area contributed by atoms with Crippen molar-refractivity contribution in [1.82, 2.24) is 0 Å². The molecule has 0 aliphatic heterocycles. The SMILES string of the molecule is C.COCC(=O)OCCCCC(CCC(=O)O)C(C)=O.[2HH]. The second-order valence-electron chi connectivity index (χ2n) is 4.39. The third-order valence-electron chi connectivity index (χ3n) is 2.75. The number of hydrogen-bond donors (Lipinski definition) is 1. The Labute approximate surface area is 121 Å². The molecule has 6 heteroatoms. The number of methoxy groups -OCH3 is 1. The summed E-state index contributed by atoms with van der Waals surface area (Å²) in [5.74, 6) is -1.50. The maximum Gasteiger partial charge on any atom is 0.332 e. The number of rotatable bonds is 11. The minimum Gasteiger partial charge on any atom is -0.481 e. The third-order valence-corrected chi connectivity index (χ3v) is 2.75. The van der Waals surface area contributed by atoms with E-state index in [1.54, 1.807) is 0 Å². The summed E-state index contributed by atoms with van der Waals surface area (Å²) in [5.41, 5.74) is 0. The van der Waals surface area contributed by atoms with Crippen LogP contribution in [0.25, 0.3) is 0 Å². The highest BCUT2D eigenvalue weighted by Crippen LogP contribution is 2.16. The average Bonchev–Trinajstić information content (AvgIpc) is 2.32. The molecule has 1 unspecified atom stereocenters. The number of carbonyl (C=O) groups excluding carboxylic acids is 2. The molecule has 0 aromatic carbocycles. The Morgan fingerprint density at radius 3 is 2.35 bits per heavy atom. The van der Waals surface area contributed by atoms with E-state index in [2.05, 4.69) is 4.74 Å². The van der Waals surface area contributed by atoms with Crippen LogP contribution in [0.15, 0.2) is 0 Å². The standard InChI is InChI=1S/C13H22O6.CH4.H2/c1-10(14)11(6-7-12(15)16)5-3-4-8-19-13(17)9-18-2;;/h11H,3-9H2,1-2H3,(H,15,16);1H4;1H/i;;1+1. The highest BCUT2D eigenvalue weighted by atomic mass is 16.6. The van der Waals surface area contributed by atoms with Crippen molar-refractivity contribution >= 4 is 17.7 Å². The second-order valence-corrected chi connectivity index (χ2v) is 4.39. The summed E-state index contributed by atoms with van der Waals surface area (Å²) in [6.45, 7) is 1.71. The summed E-state index contributed by atoms with van der Waals surface area (Å²) < 4.78 is 9.49. The lowest BCUT2D eigenvalue weighted by atomic mass is 9.93. The van der Waals surface area contributed by atoms with Crippen LogP contribution < -0.4 is 0 Å². The predicted molar refractivity (Wildman–Crippen MR) is 76.6 cm³/mol. The molecule has 20 heavy (non-hydrogen) atoms. The fraction of sp³-hybridized carbons (Fsp3) is 0.786. The monoisotopic (exact) mass is 293 g/mol. The number of ether oxygens (including phenoxy) is 2. The highest BCUT2D eigenvalue weighted by Gasteiger charge is 2.15. The van der Waals surface area contributed by atoms with Gasteiger partial charge in [-0.25, -0.2) is 4.79 Å². The minimum absolute atomic E-state index is 0. The van der Waals surface area contributed by atoms with E-state index in [-0.39, 0.29) is 33.6 Å². The number of aliphatic carboxylic acids is 1. The van der Waals surface area contributed by atoms with Crippen molar-refractivity contribution in [2.45, 2.75) is 46.5 Å². The summed E-state index contributed by atoms with van der Waals surface area (Å²) >= 11 is 0. The molecule has 1 atom stereocenters. The molecule has 0 saturated heterocycles. The predicted octanol–water partition coefficient (Wildman–Crippen LogP) is 2.30. The van der Waals surface area contributed by atoms with E-state index in [0.29, 0.717) is 25.9 Å². The summed E-state index contributed by atoms with van der Waals surface area (Å²) in [7, 11) is 1.42. The van der Waals surface area contributed by atoms with Gasteiger partial charge in [-0.05, 0) is 32.6 Å². The number of carbonyl (C=O) groups is 3. The van der Waals surface area contributed by atoms with E-state index in [4.69, 9.17) is 9.84 Å². The van der Waals surface area contributed by atoms with Crippen molar-refractivity contribution in [3.8, 4) is 0 Å². The topological polar surface area (TPSA) is 89.9 Å². The molecule has 0 spiro atoms. The molecule has 0 amide bonds. The molecule has 6 nitrogen and oxygen atoms in total. The van der Waals surface area contributed by atoms with Gasteiger partial charge < -0.3 is 14.6 Å². The summed E-state index contributed by atoms with van der Waals surface area (Å²) in [5, 5.41) is 8.58. The van der Waals surface area contributed by atoms with Crippen molar-refractivity contribution in [2.24, 2.45) is 5.92 Å². The second kappa shape index (κ2) is 12.6. The zero-order valence-corrected chi connectivity index (χ0v) is 11.5. The van der Waals surface area contributed by atoms with Gasteiger partial charge in [0.05, 0.1) is 6.61 Å². The van der Waals surface area contributed by atoms with Crippen LogP contribution in [0.1, 0.15) is 47.9 Å². The van der Waals surface area contributed by atoms with Gasteiger partial charge in [-0.3, -0.25) is 9.59 Å². The number of carboxylic acid groups (broad SMARTS) is 1. The smallest absolute Gasteiger partial charge is 0.332 e. The first-order valence-corrected chi connectivity index (χ1v) is 6.34. The van der Waals surface area contributed by atoms with E-state index in [1.165, 1.54) is 14.0 Å². The molecule has 0 aromatic heterocycles. The van der Waals surface area contributed by atoms with Gasteiger partial charge in [0.2, 0.25) is 0 Å². The van der Waals surface area contributed by atoms with Crippen LogP contribution in [-0.4, -0.2) is 43.2 Å². The first-order valence-electron chi connectivity index (χ1n) is 6.34. The lowest BCUT2D eigenvalue weighted by Gasteiger charge is -2.12. The van der Waals surface area contributed by atoms with Crippen molar-refractivity contribution in [3.05, 3.63) is 0 Å². The maximum absolute atomic E-state index is 11.3. The van der Waals surface area contributed by atoms with Crippen molar-refractivity contribution in [2.75, 3.05) is 20.3 Å². The van der Waals surface area contributed by atoms with Crippen LogP contribution >= 0.6 is 0 Å². The molecular weight excluding hydrogens is 264 g/mol. The largest absolute Gasteiger partial charge is 0.481 e.